The van der Waals surface area contributed by atoms with Gasteiger partial charge >= 0.3 is 5.97 Å². The number of aromatic nitrogens is 2. The van der Waals surface area contributed by atoms with Crippen LogP contribution in [-0.4, -0.2) is 28.7 Å². The monoisotopic (exact) mass is 412 g/mol. The Kier molecular flexibility index (Phi) is 5.94. The number of hydrogen-bond acceptors (Lipinski definition) is 6. The van der Waals surface area contributed by atoms with E-state index < -0.39 is 0 Å². The molecule has 29 heavy (non-hydrogen) atoms. The highest BCUT2D eigenvalue weighted by atomic mass is 32.1. The third kappa shape index (κ3) is 4.50. The van der Waals surface area contributed by atoms with Crippen LogP contribution in [0.15, 0.2) is 35.4 Å². The molecule has 1 aliphatic carbocycles. The summed E-state index contributed by atoms with van der Waals surface area (Å²) in [4.78, 5) is 31.4. The molecule has 0 saturated heterocycles. The maximum Gasteiger partial charge on any atom is 0.307 e. The second-order valence-corrected chi connectivity index (χ2v) is 8.35. The minimum Gasteiger partial charge on any atom is -0.490 e. The maximum absolute atomic E-state index is 12.9. The Morgan fingerprint density at radius 1 is 1.17 bits per heavy atom. The molecule has 0 atom stereocenters. The van der Waals surface area contributed by atoms with Crippen molar-refractivity contribution in [1.82, 2.24) is 9.55 Å². The molecule has 0 N–H and O–H groups in total. The summed E-state index contributed by atoms with van der Waals surface area (Å²) in [5.41, 5.74) is 2.28. The average molecular weight is 413 g/mol. The first-order chi connectivity index (χ1) is 14.1. The van der Waals surface area contributed by atoms with Gasteiger partial charge in [-0.3, -0.25) is 14.2 Å². The molecule has 4 rings (SSSR count). The van der Waals surface area contributed by atoms with Crippen LogP contribution >= 0.6 is 11.3 Å². The minimum atomic E-state index is -0.350. The summed E-state index contributed by atoms with van der Waals surface area (Å²) in [6, 6.07) is 7.70. The van der Waals surface area contributed by atoms with Crippen molar-refractivity contribution in [3.63, 3.8) is 0 Å². The molecule has 0 aliphatic heterocycles. The van der Waals surface area contributed by atoms with E-state index in [1.807, 2.05) is 31.2 Å². The molecule has 2 heterocycles. The number of rotatable bonds is 7. The number of thiophene rings is 1. The topological polar surface area (TPSA) is 70.4 Å². The molecule has 0 spiro atoms. The molecule has 2 aromatic heterocycles. The van der Waals surface area contributed by atoms with E-state index in [1.54, 1.807) is 17.7 Å². The molecule has 0 unspecified atom stereocenters. The van der Waals surface area contributed by atoms with Crippen LogP contribution in [0.3, 0.4) is 0 Å². The van der Waals surface area contributed by atoms with Gasteiger partial charge in [0.1, 0.15) is 23.8 Å². The van der Waals surface area contributed by atoms with Crippen molar-refractivity contribution >= 4 is 27.5 Å². The number of hydrogen-bond donors (Lipinski definition) is 0. The Hall–Kier alpha value is -2.67. The Morgan fingerprint density at radius 3 is 2.79 bits per heavy atom. The van der Waals surface area contributed by atoms with Crippen molar-refractivity contribution in [3.05, 3.63) is 57.0 Å². The summed E-state index contributed by atoms with van der Waals surface area (Å²) in [5, 5.41) is 0.743. The first-order valence-electron chi connectivity index (χ1n) is 9.96. The van der Waals surface area contributed by atoms with E-state index in [2.05, 4.69) is 4.98 Å². The van der Waals surface area contributed by atoms with Crippen molar-refractivity contribution in [2.75, 3.05) is 13.2 Å². The second kappa shape index (κ2) is 8.78. The van der Waals surface area contributed by atoms with Crippen LogP contribution in [0, 0.1) is 6.92 Å². The minimum absolute atomic E-state index is 0.0510. The molecule has 0 saturated carbocycles. The highest BCUT2D eigenvalue weighted by Crippen LogP contribution is 2.33. The SMILES string of the molecule is Cc1ccc(OCCOC(=O)CCn2cnc3sc4c(c3c2=O)CCCC4)cc1. The molecule has 7 heteroatoms. The van der Waals surface area contributed by atoms with Crippen LogP contribution in [0.25, 0.3) is 10.2 Å². The number of ether oxygens (including phenoxy) is 2. The Morgan fingerprint density at radius 2 is 1.97 bits per heavy atom. The first-order valence-corrected chi connectivity index (χ1v) is 10.8. The molecule has 6 nitrogen and oxygen atoms in total. The van der Waals surface area contributed by atoms with E-state index in [0.717, 1.165) is 40.8 Å². The summed E-state index contributed by atoms with van der Waals surface area (Å²) in [6.07, 6.45) is 5.94. The number of aryl methyl sites for hydroxylation is 4. The zero-order chi connectivity index (χ0) is 20.2. The standard InChI is InChI=1S/C22H24N2O4S/c1-15-6-8-16(9-7-15)27-12-13-28-19(25)10-11-24-14-23-21-20(22(24)26)17-4-2-3-5-18(17)29-21/h6-9,14H,2-5,10-13H2,1H3. The van der Waals surface area contributed by atoms with Gasteiger partial charge in [0.2, 0.25) is 0 Å². The lowest BCUT2D eigenvalue weighted by atomic mass is 9.97. The van der Waals surface area contributed by atoms with Crippen molar-refractivity contribution in [2.24, 2.45) is 0 Å². The number of carbonyl (C=O) groups is 1. The second-order valence-electron chi connectivity index (χ2n) is 7.27. The van der Waals surface area contributed by atoms with Crippen LogP contribution < -0.4 is 10.3 Å². The highest BCUT2D eigenvalue weighted by molar-refractivity contribution is 7.18. The smallest absolute Gasteiger partial charge is 0.307 e. The van der Waals surface area contributed by atoms with Gasteiger partial charge in [0, 0.05) is 11.4 Å². The molecule has 0 fully saturated rings. The number of nitrogens with zero attached hydrogens (tertiary/aromatic N) is 2. The lowest BCUT2D eigenvalue weighted by Crippen LogP contribution is -2.23. The predicted octanol–water partition coefficient (Wildman–Crippen LogP) is 3.66. The fourth-order valence-electron chi connectivity index (χ4n) is 3.57. The molecule has 1 aliphatic rings. The lowest BCUT2D eigenvalue weighted by molar-refractivity contribution is -0.144. The lowest BCUT2D eigenvalue weighted by Gasteiger charge is -2.10. The van der Waals surface area contributed by atoms with Gasteiger partial charge in [0.25, 0.3) is 5.56 Å². The molecular weight excluding hydrogens is 388 g/mol. The number of carbonyl (C=O) groups excluding carboxylic acids is 1. The molecule has 0 bridgehead atoms. The van der Waals surface area contributed by atoms with Crippen LogP contribution in [-0.2, 0) is 28.9 Å². The zero-order valence-electron chi connectivity index (χ0n) is 16.5. The molecular formula is C22H24N2O4S. The first kappa shape index (κ1) is 19.6. The van der Waals surface area contributed by atoms with Crippen molar-refractivity contribution in [1.29, 1.82) is 0 Å². The fourth-order valence-corrected chi connectivity index (χ4v) is 4.79. The number of esters is 1. The van der Waals surface area contributed by atoms with E-state index in [9.17, 15) is 9.59 Å². The van der Waals surface area contributed by atoms with Gasteiger partial charge in [-0.05, 0) is 50.3 Å². The highest BCUT2D eigenvalue weighted by Gasteiger charge is 2.20. The molecule has 0 amide bonds. The van der Waals surface area contributed by atoms with E-state index in [0.29, 0.717) is 6.61 Å². The maximum atomic E-state index is 12.9. The number of fused-ring (bicyclic) bond motifs is 3. The zero-order valence-corrected chi connectivity index (χ0v) is 17.3. The van der Waals surface area contributed by atoms with Crippen LogP contribution in [0.1, 0.15) is 35.3 Å². The van der Waals surface area contributed by atoms with Crippen LogP contribution in [0.5, 0.6) is 5.75 Å². The van der Waals surface area contributed by atoms with E-state index in [4.69, 9.17) is 9.47 Å². The normalized spacial score (nSPS) is 13.3. The molecule has 3 aromatic rings. The Balaban J connectivity index is 1.30. The van der Waals surface area contributed by atoms with Gasteiger partial charge in [-0.25, -0.2) is 4.98 Å². The summed E-state index contributed by atoms with van der Waals surface area (Å²) >= 11 is 1.63. The third-order valence-corrected chi connectivity index (χ3v) is 6.33. The average Bonchev–Trinajstić information content (AvgIpc) is 3.11. The summed E-state index contributed by atoms with van der Waals surface area (Å²) in [6.45, 7) is 2.75. The summed E-state index contributed by atoms with van der Waals surface area (Å²) in [5.74, 6) is 0.397. The van der Waals surface area contributed by atoms with Gasteiger partial charge in [-0.1, -0.05) is 17.7 Å². The molecule has 0 radical (unpaired) electrons. The quantitative estimate of drug-likeness (QED) is 0.438. The molecule has 1 aromatic carbocycles. The van der Waals surface area contributed by atoms with Gasteiger partial charge in [0.05, 0.1) is 18.1 Å². The molecule has 152 valence electrons. The van der Waals surface area contributed by atoms with Gasteiger partial charge in [0.15, 0.2) is 0 Å². The third-order valence-electron chi connectivity index (χ3n) is 5.13. The van der Waals surface area contributed by atoms with Crippen molar-refractivity contribution in [2.45, 2.75) is 45.6 Å². The van der Waals surface area contributed by atoms with Crippen molar-refractivity contribution in [3.8, 4) is 5.75 Å². The van der Waals surface area contributed by atoms with Gasteiger partial charge < -0.3 is 9.47 Å². The summed E-state index contributed by atoms with van der Waals surface area (Å²) in [7, 11) is 0. The number of benzene rings is 1. The van der Waals surface area contributed by atoms with Gasteiger partial charge in [-0.2, -0.15) is 0 Å². The van der Waals surface area contributed by atoms with Gasteiger partial charge in [-0.15, -0.1) is 11.3 Å². The predicted molar refractivity (Wildman–Crippen MR) is 113 cm³/mol. The van der Waals surface area contributed by atoms with Crippen LogP contribution in [0.4, 0.5) is 0 Å². The van der Waals surface area contributed by atoms with Crippen LogP contribution in [0.2, 0.25) is 0 Å². The van der Waals surface area contributed by atoms with Crippen molar-refractivity contribution < 1.29 is 14.3 Å². The fraction of sp³-hybridized carbons (Fsp3) is 0.409. The summed E-state index contributed by atoms with van der Waals surface area (Å²) < 4.78 is 12.3. The Labute approximate surface area is 173 Å². The largest absolute Gasteiger partial charge is 0.490 e. The van der Waals surface area contributed by atoms with E-state index in [-0.39, 0.29) is 31.1 Å². The Bertz CT molecular complexity index is 1070. The van der Waals surface area contributed by atoms with E-state index in [1.165, 1.54) is 21.4 Å². The van der Waals surface area contributed by atoms with E-state index >= 15 is 0 Å².